The van der Waals surface area contributed by atoms with Crippen molar-refractivity contribution in [1.29, 1.82) is 0 Å². The molecule has 1 amide bonds. The highest BCUT2D eigenvalue weighted by atomic mass is 32.2. The molecule has 0 saturated carbocycles. The number of ether oxygens (including phenoxy) is 2. The Hall–Kier alpha value is -2.61. The number of hydrogen-bond donors (Lipinski definition) is 0. The fourth-order valence-electron chi connectivity index (χ4n) is 3.54. The largest absolute Gasteiger partial charge is 0.478 e. The maximum Gasteiger partial charge on any atom is 0.410 e. The van der Waals surface area contributed by atoms with Gasteiger partial charge >= 0.3 is 6.09 Å². The standard InChI is InChI=1S/C23H30N2O5S/c1-17(2)30-23(26)25-13-10-18(11-14-25)12-15-29-22-9-6-20(16-24-22)19-4-7-21(8-5-19)31(3,27)28/h4-9,16-18H,10-15H2,1-3H3. The molecule has 0 radical (unpaired) electrons. The van der Waals surface area contributed by atoms with Crippen LogP contribution < -0.4 is 4.74 Å². The first-order valence-corrected chi connectivity index (χ1v) is 12.5. The number of likely N-dealkylation sites (tertiary alicyclic amines) is 1. The number of piperidine rings is 1. The predicted molar refractivity (Wildman–Crippen MR) is 119 cm³/mol. The number of carbonyl (C=O) groups excluding carboxylic acids is 1. The first-order valence-electron chi connectivity index (χ1n) is 10.6. The fraction of sp³-hybridized carbons (Fsp3) is 0.478. The Labute approximate surface area is 184 Å². The van der Waals surface area contributed by atoms with E-state index in [1.165, 1.54) is 6.26 Å². The van der Waals surface area contributed by atoms with Crippen molar-refractivity contribution in [2.24, 2.45) is 5.92 Å². The van der Waals surface area contributed by atoms with Crippen LogP contribution in [-0.4, -0.2) is 56.5 Å². The van der Waals surface area contributed by atoms with Gasteiger partial charge in [0.05, 0.1) is 17.6 Å². The third-order valence-electron chi connectivity index (χ3n) is 5.34. The summed E-state index contributed by atoms with van der Waals surface area (Å²) < 4.78 is 34.2. The molecule has 1 aromatic heterocycles. The zero-order chi connectivity index (χ0) is 22.4. The Kier molecular flexibility index (Phi) is 7.54. The summed E-state index contributed by atoms with van der Waals surface area (Å²) >= 11 is 0. The third-order valence-corrected chi connectivity index (χ3v) is 6.47. The minimum Gasteiger partial charge on any atom is -0.478 e. The molecule has 0 bridgehead atoms. The SMILES string of the molecule is CC(C)OC(=O)N1CCC(CCOc2ccc(-c3ccc(S(C)(=O)=O)cc3)cn2)CC1. The lowest BCUT2D eigenvalue weighted by Gasteiger charge is -2.31. The topological polar surface area (TPSA) is 85.8 Å². The summed E-state index contributed by atoms with van der Waals surface area (Å²) in [5, 5.41) is 0. The van der Waals surface area contributed by atoms with Gasteiger partial charge < -0.3 is 14.4 Å². The van der Waals surface area contributed by atoms with Gasteiger partial charge in [0.2, 0.25) is 5.88 Å². The molecule has 0 spiro atoms. The predicted octanol–water partition coefficient (Wildman–Crippen LogP) is 4.18. The molecule has 1 aliphatic heterocycles. The van der Waals surface area contributed by atoms with Crippen LogP contribution in [0.4, 0.5) is 4.79 Å². The van der Waals surface area contributed by atoms with Crippen LogP contribution in [0.1, 0.15) is 33.1 Å². The summed E-state index contributed by atoms with van der Waals surface area (Å²) in [6.07, 6.45) is 5.43. The molecule has 1 saturated heterocycles. The smallest absolute Gasteiger partial charge is 0.410 e. The van der Waals surface area contributed by atoms with Crippen LogP contribution in [0.15, 0.2) is 47.5 Å². The fourth-order valence-corrected chi connectivity index (χ4v) is 4.17. The van der Waals surface area contributed by atoms with Crippen molar-refractivity contribution in [2.75, 3.05) is 26.0 Å². The molecule has 1 fully saturated rings. The molecule has 0 atom stereocenters. The summed E-state index contributed by atoms with van der Waals surface area (Å²) in [6.45, 7) is 5.74. The lowest BCUT2D eigenvalue weighted by Crippen LogP contribution is -2.39. The number of nitrogens with zero attached hydrogens (tertiary/aromatic N) is 2. The van der Waals surface area contributed by atoms with E-state index in [9.17, 15) is 13.2 Å². The molecule has 8 heteroatoms. The van der Waals surface area contributed by atoms with Crippen LogP contribution in [0.2, 0.25) is 0 Å². The highest BCUT2D eigenvalue weighted by molar-refractivity contribution is 7.90. The maximum atomic E-state index is 11.9. The van der Waals surface area contributed by atoms with Gasteiger partial charge in [0.1, 0.15) is 0 Å². The van der Waals surface area contributed by atoms with Gasteiger partial charge in [-0.25, -0.2) is 18.2 Å². The van der Waals surface area contributed by atoms with Gasteiger partial charge in [-0.15, -0.1) is 0 Å². The molecule has 2 aromatic rings. The first kappa shape index (κ1) is 23.1. The monoisotopic (exact) mass is 446 g/mol. The Morgan fingerprint density at radius 2 is 1.74 bits per heavy atom. The van der Waals surface area contributed by atoms with Crippen molar-refractivity contribution in [1.82, 2.24) is 9.88 Å². The molecule has 31 heavy (non-hydrogen) atoms. The van der Waals surface area contributed by atoms with Crippen LogP contribution in [0.5, 0.6) is 5.88 Å². The molecular formula is C23H30N2O5S. The Bertz CT molecular complexity index is 964. The third kappa shape index (κ3) is 6.69. The van der Waals surface area contributed by atoms with Gasteiger partial charge in [0.15, 0.2) is 9.84 Å². The van der Waals surface area contributed by atoms with E-state index < -0.39 is 9.84 Å². The number of pyridine rings is 1. The summed E-state index contributed by atoms with van der Waals surface area (Å²) in [4.78, 5) is 18.4. The molecular weight excluding hydrogens is 416 g/mol. The summed E-state index contributed by atoms with van der Waals surface area (Å²) in [7, 11) is -3.20. The number of aromatic nitrogens is 1. The number of carbonyl (C=O) groups is 1. The van der Waals surface area contributed by atoms with E-state index in [4.69, 9.17) is 9.47 Å². The average molecular weight is 447 g/mol. The van der Waals surface area contributed by atoms with Crippen molar-refractivity contribution in [3.8, 4) is 17.0 Å². The lowest BCUT2D eigenvalue weighted by atomic mass is 9.94. The van der Waals surface area contributed by atoms with Crippen LogP contribution in [0.3, 0.4) is 0 Å². The van der Waals surface area contributed by atoms with E-state index in [-0.39, 0.29) is 12.2 Å². The molecule has 168 valence electrons. The van der Waals surface area contributed by atoms with E-state index in [0.29, 0.717) is 23.3 Å². The van der Waals surface area contributed by atoms with Gasteiger partial charge in [-0.05, 0) is 62.8 Å². The van der Waals surface area contributed by atoms with Gasteiger partial charge in [-0.1, -0.05) is 12.1 Å². The zero-order valence-corrected chi connectivity index (χ0v) is 19.1. The van der Waals surface area contributed by atoms with Crippen molar-refractivity contribution in [3.63, 3.8) is 0 Å². The first-order chi connectivity index (χ1) is 14.7. The summed E-state index contributed by atoms with van der Waals surface area (Å²) in [5.74, 6) is 1.09. The molecule has 3 rings (SSSR count). The Morgan fingerprint density at radius 1 is 1.10 bits per heavy atom. The Balaban J connectivity index is 1.44. The maximum absolute atomic E-state index is 11.9. The molecule has 1 aliphatic rings. The van der Waals surface area contributed by atoms with E-state index in [0.717, 1.165) is 43.5 Å². The van der Waals surface area contributed by atoms with Crippen LogP contribution in [0, 0.1) is 5.92 Å². The summed E-state index contributed by atoms with van der Waals surface area (Å²) in [5.41, 5.74) is 1.79. The van der Waals surface area contributed by atoms with Crippen LogP contribution in [0.25, 0.3) is 11.1 Å². The van der Waals surface area contributed by atoms with Crippen molar-refractivity contribution >= 4 is 15.9 Å². The number of sulfone groups is 1. The highest BCUT2D eigenvalue weighted by Gasteiger charge is 2.24. The normalized spacial score (nSPS) is 15.2. The Morgan fingerprint density at radius 3 is 2.29 bits per heavy atom. The number of benzene rings is 1. The second-order valence-corrected chi connectivity index (χ2v) is 10.2. The lowest BCUT2D eigenvalue weighted by molar-refractivity contribution is 0.0636. The van der Waals surface area contributed by atoms with E-state index in [2.05, 4.69) is 4.98 Å². The molecule has 1 aromatic carbocycles. The average Bonchev–Trinajstić information content (AvgIpc) is 2.74. The number of rotatable bonds is 7. The number of hydrogen-bond acceptors (Lipinski definition) is 6. The van der Waals surface area contributed by atoms with Crippen molar-refractivity contribution in [3.05, 3.63) is 42.6 Å². The van der Waals surface area contributed by atoms with Crippen molar-refractivity contribution in [2.45, 2.75) is 44.1 Å². The minimum absolute atomic E-state index is 0.0932. The van der Waals surface area contributed by atoms with Crippen molar-refractivity contribution < 1.29 is 22.7 Å². The zero-order valence-electron chi connectivity index (χ0n) is 18.3. The van der Waals surface area contributed by atoms with Crippen LogP contribution in [-0.2, 0) is 14.6 Å². The number of amides is 1. The minimum atomic E-state index is -3.20. The van der Waals surface area contributed by atoms with Gasteiger partial charge in [-0.2, -0.15) is 0 Å². The molecule has 0 aliphatic carbocycles. The van der Waals surface area contributed by atoms with E-state index in [1.54, 1.807) is 35.4 Å². The molecule has 7 nitrogen and oxygen atoms in total. The quantitative estimate of drug-likeness (QED) is 0.634. The van der Waals surface area contributed by atoms with Crippen LogP contribution >= 0.6 is 0 Å². The van der Waals surface area contributed by atoms with Gasteiger partial charge in [-0.3, -0.25) is 0 Å². The second-order valence-electron chi connectivity index (χ2n) is 8.18. The molecule has 0 N–H and O–H groups in total. The summed E-state index contributed by atoms with van der Waals surface area (Å²) in [6, 6.07) is 10.5. The second kappa shape index (κ2) is 10.1. The molecule has 2 heterocycles. The van der Waals surface area contributed by atoms with Gasteiger partial charge in [0.25, 0.3) is 0 Å². The molecule has 0 unspecified atom stereocenters. The van der Waals surface area contributed by atoms with E-state index >= 15 is 0 Å². The highest BCUT2D eigenvalue weighted by Crippen LogP contribution is 2.24. The van der Waals surface area contributed by atoms with E-state index in [1.807, 2.05) is 26.0 Å². The van der Waals surface area contributed by atoms with Gasteiger partial charge in [0, 0.05) is 37.2 Å².